The van der Waals surface area contributed by atoms with Crippen molar-refractivity contribution < 1.29 is 14.7 Å². The molecule has 1 fully saturated rings. The maximum Gasteiger partial charge on any atom is 0.328 e. The van der Waals surface area contributed by atoms with Crippen molar-refractivity contribution in [1.82, 2.24) is 4.90 Å². The highest BCUT2D eigenvalue weighted by Crippen LogP contribution is 2.24. The highest BCUT2D eigenvalue weighted by molar-refractivity contribution is 5.95. The van der Waals surface area contributed by atoms with E-state index in [0.717, 1.165) is 30.0 Å². The molecule has 1 N–H and O–H groups in total. The number of benzene rings is 1. The number of hydrogen-bond acceptors (Lipinski definition) is 2. The van der Waals surface area contributed by atoms with Crippen LogP contribution in [-0.4, -0.2) is 35.0 Å². The van der Waals surface area contributed by atoms with Gasteiger partial charge in [-0.2, -0.15) is 0 Å². The van der Waals surface area contributed by atoms with Crippen molar-refractivity contribution in [3.8, 4) is 0 Å². The largest absolute Gasteiger partial charge is 0.478 e. The minimum atomic E-state index is -0.976. The van der Waals surface area contributed by atoms with E-state index < -0.39 is 5.97 Å². The Hall–Kier alpha value is -2.10. The van der Waals surface area contributed by atoms with Crippen LogP contribution in [0, 0.1) is 6.92 Å². The summed E-state index contributed by atoms with van der Waals surface area (Å²) in [4.78, 5) is 24.9. The molecule has 0 spiro atoms. The Morgan fingerprint density at radius 1 is 1.29 bits per heavy atom. The number of carboxylic acids is 1. The van der Waals surface area contributed by atoms with Gasteiger partial charge in [0.25, 0.3) is 5.91 Å². The summed E-state index contributed by atoms with van der Waals surface area (Å²) in [6.07, 6.45) is 7.21. The van der Waals surface area contributed by atoms with E-state index in [-0.39, 0.29) is 5.91 Å². The molecule has 4 nitrogen and oxygen atoms in total. The second kappa shape index (κ2) is 6.57. The maximum absolute atomic E-state index is 12.5. The van der Waals surface area contributed by atoms with Crippen LogP contribution in [0.4, 0.5) is 0 Å². The molecule has 1 aromatic rings. The van der Waals surface area contributed by atoms with Crippen LogP contribution in [0.15, 0.2) is 24.3 Å². The third kappa shape index (κ3) is 3.72. The molecule has 0 saturated heterocycles. The van der Waals surface area contributed by atoms with Gasteiger partial charge in [-0.25, -0.2) is 4.79 Å². The molecule has 112 valence electrons. The van der Waals surface area contributed by atoms with Crippen molar-refractivity contribution in [3.63, 3.8) is 0 Å². The number of aliphatic carboxylic acids is 1. The molecular weight excluding hydrogens is 266 g/mol. The third-order valence-electron chi connectivity index (χ3n) is 4.11. The Kier molecular flexibility index (Phi) is 4.78. The van der Waals surface area contributed by atoms with Gasteiger partial charge in [0.1, 0.15) is 0 Å². The van der Waals surface area contributed by atoms with Crippen LogP contribution in [-0.2, 0) is 4.79 Å². The van der Waals surface area contributed by atoms with E-state index in [1.165, 1.54) is 12.8 Å². The van der Waals surface area contributed by atoms with Gasteiger partial charge in [0.05, 0.1) is 0 Å². The molecule has 2 rings (SSSR count). The average molecular weight is 287 g/mol. The number of carboxylic acid groups (broad SMARTS) is 1. The van der Waals surface area contributed by atoms with Gasteiger partial charge in [0, 0.05) is 24.7 Å². The summed E-state index contributed by atoms with van der Waals surface area (Å²) < 4.78 is 0. The van der Waals surface area contributed by atoms with E-state index in [4.69, 9.17) is 5.11 Å². The fourth-order valence-electron chi connectivity index (χ4n) is 2.82. The van der Waals surface area contributed by atoms with Crippen LogP contribution >= 0.6 is 0 Å². The molecule has 0 aromatic heterocycles. The first-order valence-corrected chi connectivity index (χ1v) is 7.28. The first-order valence-electron chi connectivity index (χ1n) is 7.28. The first kappa shape index (κ1) is 15.3. The number of carbonyl (C=O) groups is 2. The van der Waals surface area contributed by atoms with Gasteiger partial charge < -0.3 is 10.0 Å². The Labute approximate surface area is 125 Å². The second-order valence-corrected chi connectivity index (χ2v) is 5.60. The van der Waals surface area contributed by atoms with Gasteiger partial charge in [-0.3, -0.25) is 4.79 Å². The van der Waals surface area contributed by atoms with E-state index in [2.05, 4.69) is 0 Å². The lowest BCUT2D eigenvalue weighted by atomic mass is 10.0. The van der Waals surface area contributed by atoms with E-state index in [1.807, 2.05) is 24.9 Å². The number of aryl methyl sites for hydroxylation is 1. The van der Waals surface area contributed by atoms with Gasteiger partial charge in [-0.05, 0) is 49.1 Å². The van der Waals surface area contributed by atoms with Crippen molar-refractivity contribution in [2.45, 2.75) is 38.6 Å². The number of hydrogen-bond donors (Lipinski definition) is 1. The zero-order valence-electron chi connectivity index (χ0n) is 12.5. The Morgan fingerprint density at radius 2 is 1.95 bits per heavy atom. The Bertz CT molecular complexity index is 571. The molecule has 21 heavy (non-hydrogen) atoms. The second-order valence-electron chi connectivity index (χ2n) is 5.60. The summed E-state index contributed by atoms with van der Waals surface area (Å²) in [5.41, 5.74) is 2.38. The topological polar surface area (TPSA) is 57.6 Å². The van der Waals surface area contributed by atoms with Gasteiger partial charge in [-0.15, -0.1) is 0 Å². The SMILES string of the molecule is Cc1cc(C(=O)N(C)C2CCCC2)ccc1/C=C/C(=O)O. The van der Waals surface area contributed by atoms with Crippen molar-refractivity contribution in [3.05, 3.63) is 41.0 Å². The minimum absolute atomic E-state index is 0.0405. The molecule has 0 aliphatic heterocycles. The van der Waals surface area contributed by atoms with E-state index in [0.29, 0.717) is 11.6 Å². The van der Waals surface area contributed by atoms with Crippen LogP contribution in [0.2, 0.25) is 0 Å². The van der Waals surface area contributed by atoms with Gasteiger partial charge in [-0.1, -0.05) is 18.9 Å². The summed E-state index contributed by atoms with van der Waals surface area (Å²) in [6, 6.07) is 5.74. The summed E-state index contributed by atoms with van der Waals surface area (Å²) in [5, 5.41) is 8.65. The third-order valence-corrected chi connectivity index (χ3v) is 4.11. The summed E-state index contributed by atoms with van der Waals surface area (Å²) in [5.74, 6) is -0.936. The van der Waals surface area contributed by atoms with E-state index in [1.54, 1.807) is 18.2 Å². The van der Waals surface area contributed by atoms with Crippen molar-refractivity contribution >= 4 is 18.0 Å². The average Bonchev–Trinajstić information content (AvgIpc) is 2.98. The normalized spacial score (nSPS) is 15.5. The quantitative estimate of drug-likeness (QED) is 0.866. The van der Waals surface area contributed by atoms with E-state index >= 15 is 0 Å². The monoisotopic (exact) mass is 287 g/mol. The van der Waals surface area contributed by atoms with Crippen LogP contribution in [0.25, 0.3) is 6.08 Å². The lowest BCUT2D eigenvalue weighted by Gasteiger charge is -2.24. The van der Waals surface area contributed by atoms with Gasteiger partial charge in [0.2, 0.25) is 0 Å². The van der Waals surface area contributed by atoms with Gasteiger partial charge >= 0.3 is 5.97 Å². The Morgan fingerprint density at radius 3 is 2.52 bits per heavy atom. The summed E-state index contributed by atoms with van der Waals surface area (Å²) in [7, 11) is 1.87. The van der Waals surface area contributed by atoms with Crippen LogP contribution < -0.4 is 0 Å². The number of carbonyl (C=O) groups excluding carboxylic acids is 1. The van der Waals surface area contributed by atoms with E-state index in [9.17, 15) is 9.59 Å². The molecule has 0 heterocycles. The minimum Gasteiger partial charge on any atom is -0.478 e. The summed E-state index contributed by atoms with van der Waals surface area (Å²) >= 11 is 0. The zero-order valence-corrected chi connectivity index (χ0v) is 12.5. The number of nitrogens with zero attached hydrogens (tertiary/aromatic N) is 1. The molecule has 1 aliphatic rings. The lowest BCUT2D eigenvalue weighted by molar-refractivity contribution is -0.131. The molecule has 0 unspecified atom stereocenters. The smallest absolute Gasteiger partial charge is 0.328 e. The van der Waals surface area contributed by atoms with Crippen molar-refractivity contribution in [1.29, 1.82) is 0 Å². The predicted octanol–water partition coefficient (Wildman–Crippen LogP) is 3.11. The molecule has 4 heteroatoms. The Balaban J connectivity index is 2.15. The zero-order chi connectivity index (χ0) is 15.4. The van der Waals surface area contributed by atoms with Crippen LogP contribution in [0.1, 0.15) is 47.2 Å². The van der Waals surface area contributed by atoms with Crippen molar-refractivity contribution in [2.24, 2.45) is 0 Å². The standard InChI is InChI=1S/C17H21NO3/c1-12-11-14(8-7-13(12)9-10-16(19)20)17(21)18(2)15-5-3-4-6-15/h7-11,15H,3-6H2,1-2H3,(H,19,20)/b10-9+. The highest BCUT2D eigenvalue weighted by atomic mass is 16.4. The molecule has 1 aromatic carbocycles. The fourth-order valence-corrected chi connectivity index (χ4v) is 2.82. The summed E-state index contributed by atoms with van der Waals surface area (Å²) in [6.45, 7) is 1.88. The first-order chi connectivity index (χ1) is 9.99. The van der Waals surface area contributed by atoms with Gasteiger partial charge in [0.15, 0.2) is 0 Å². The highest BCUT2D eigenvalue weighted by Gasteiger charge is 2.24. The lowest BCUT2D eigenvalue weighted by Crippen LogP contribution is -2.35. The molecule has 1 amide bonds. The number of rotatable bonds is 4. The molecule has 0 atom stereocenters. The molecule has 0 bridgehead atoms. The molecule has 0 radical (unpaired) electrons. The van der Waals surface area contributed by atoms with Crippen molar-refractivity contribution in [2.75, 3.05) is 7.05 Å². The number of amides is 1. The maximum atomic E-state index is 12.5. The predicted molar refractivity (Wildman–Crippen MR) is 82.2 cm³/mol. The van der Waals surface area contributed by atoms with Crippen LogP contribution in [0.3, 0.4) is 0 Å². The molecule has 1 aliphatic carbocycles. The molecule has 1 saturated carbocycles. The fraction of sp³-hybridized carbons (Fsp3) is 0.412. The van der Waals surface area contributed by atoms with Crippen LogP contribution in [0.5, 0.6) is 0 Å². The molecular formula is C17H21NO3.